The van der Waals surface area contributed by atoms with E-state index in [4.69, 9.17) is 0 Å². The predicted octanol–water partition coefficient (Wildman–Crippen LogP) is 14.4. The summed E-state index contributed by atoms with van der Waals surface area (Å²) in [6.07, 6.45) is 0. The van der Waals surface area contributed by atoms with E-state index in [9.17, 15) is 26.3 Å². The molecule has 0 radical (unpaired) electrons. The Kier molecular flexibility index (Phi) is 6.69. The predicted molar refractivity (Wildman–Crippen MR) is 194 cm³/mol. The minimum atomic E-state index is -0.920. The molecule has 0 spiro atoms. The highest BCUT2D eigenvalue weighted by atomic mass is 32.2. The van der Waals surface area contributed by atoms with Gasteiger partial charge < -0.3 is 0 Å². The fourth-order valence-electron chi connectivity index (χ4n) is 7.20. The van der Waals surface area contributed by atoms with Crippen LogP contribution in [-0.4, -0.2) is 0 Å². The third kappa shape index (κ3) is 3.98. The molecule has 0 amide bonds. The van der Waals surface area contributed by atoms with Crippen LogP contribution in [0.4, 0.5) is 26.3 Å². The van der Waals surface area contributed by atoms with E-state index in [-0.39, 0.29) is 0 Å². The van der Waals surface area contributed by atoms with Gasteiger partial charge in [-0.15, -0.1) is 0 Å². The number of halogens is 6. The van der Waals surface area contributed by atoms with Gasteiger partial charge in [0.05, 0.1) is 12.7 Å². The number of benzene rings is 4. The molecule has 3 aliphatic heterocycles. The van der Waals surface area contributed by atoms with E-state index in [0.717, 1.165) is 137 Å². The lowest BCUT2D eigenvalue weighted by molar-refractivity contribution is 0.619. The second-order valence-corrected chi connectivity index (χ2v) is 17.7. The number of hydrogen-bond donors (Lipinski definition) is 0. The SMILES string of the molecule is FC1=C(F)SC(=C2c3ccccc3-c3c2c2c(c4c3C(=C3SC(F)=C(F)S3)c3ccccc3-4)C(=C3SC(F)=C(F)S3)c3ccccc3-2)S1. The van der Waals surface area contributed by atoms with Gasteiger partial charge in [0.1, 0.15) is 0 Å². The zero-order valence-electron chi connectivity index (χ0n) is 23.6. The van der Waals surface area contributed by atoms with Crippen LogP contribution in [0.3, 0.4) is 0 Å². The lowest BCUT2D eigenvalue weighted by Crippen LogP contribution is -1.98. The summed E-state index contributed by atoms with van der Waals surface area (Å²) >= 11 is 4.36. The molecule has 0 saturated heterocycles. The molecule has 48 heavy (non-hydrogen) atoms. The summed E-state index contributed by atoms with van der Waals surface area (Å²) in [4.78, 5) is 0. The van der Waals surface area contributed by atoms with Crippen molar-refractivity contribution >= 4 is 87.3 Å². The summed E-state index contributed by atoms with van der Waals surface area (Å²) in [6, 6.07) is 22.9. The summed E-state index contributed by atoms with van der Waals surface area (Å²) in [5.74, 6) is 0. The van der Waals surface area contributed by atoms with Gasteiger partial charge in [0.25, 0.3) is 0 Å². The Morgan fingerprint density at radius 3 is 0.708 bits per heavy atom. The molecule has 0 saturated carbocycles. The average molecular weight is 751 g/mol. The lowest BCUT2D eigenvalue weighted by atomic mass is 9.84. The van der Waals surface area contributed by atoms with Crippen LogP contribution < -0.4 is 0 Å². The van der Waals surface area contributed by atoms with E-state index in [2.05, 4.69) is 0 Å². The standard InChI is InChI=1S/C36H12F6S6/c37-28-29(38)44-34(43-28)22-16-10-4-1-7-13(16)19-25(22)20-15-9-3-6-12-18(15)24(36-47-32(41)33(42)48-36)27(20)21-14-8-2-5-11-17(14)23(26(19)21)35-45-30(39)31(40)46-35/h1-12H. The molecule has 0 unspecified atom stereocenters. The Bertz CT molecular complexity index is 2130. The van der Waals surface area contributed by atoms with E-state index in [1.807, 2.05) is 72.8 Å². The summed E-state index contributed by atoms with van der Waals surface area (Å²) < 4.78 is 90.1. The van der Waals surface area contributed by atoms with Crippen molar-refractivity contribution < 1.29 is 26.3 Å². The zero-order chi connectivity index (χ0) is 32.6. The number of hydrogen-bond acceptors (Lipinski definition) is 6. The number of rotatable bonds is 0. The van der Waals surface area contributed by atoms with Crippen LogP contribution in [-0.2, 0) is 0 Å². The molecule has 0 fully saturated rings. The Hall–Kier alpha value is -3.00. The van der Waals surface area contributed by atoms with Crippen LogP contribution >= 0.6 is 70.6 Å². The first-order chi connectivity index (χ1) is 23.3. The first-order valence-corrected chi connectivity index (χ1v) is 19.2. The van der Waals surface area contributed by atoms with Gasteiger partial charge in [-0.25, -0.2) is 0 Å². The van der Waals surface area contributed by atoms with Gasteiger partial charge in [0.15, 0.2) is 0 Å². The molecule has 0 atom stereocenters. The number of fused-ring (bicyclic) bond motifs is 12. The zero-order valence-corrected chi connectivity index (χ0v) is 28.5. The van der Waals surface area contributed by atoms with Crippen molar-refractivity contribution in [2.75, 3.05) is 0 Å². The molecule has 10 rings (SSSR count). The molecular formula is C36H12F6S6. The van der Waals surface area contributed by atoms with Gasteiger partial charge in [0.2, 0.25) is 31.0 Å². The van der Waals surface area contributed by atoms with E-state index >= 15 is 0 Å². The fraction of sp³-hybridized carbons (Fsp3) is 0. The Balaban J connectivity index is 1.43. The molecular weight excluding hydrogens is 739 g/mol. The molecule has 3 aliphatic carbocycles. The van der Waals surface area contributed by atoms with Crippen LogP contribution in [0.5, 0.6) is 0 Å². The highest BCUT2D eigenvalue weighted by molar-refractivity contribution is 8.29. The third-order valence-corrected chi connectivity index (χ3v) is 15.2. The molecule has 12 heteroatoms. The Labute approximate surface area is 295 Å². The highest BCUT2D eigenvalue weighted by Gasteiger charge is 2.46. The highest BCUT2D eigenvalue weighted by Crippen LogP contribution is 2.70. The van der Waals surface area contributed by atoms with Crippen LogP contribution in [0.1, 0.15) is 33.4 Å². The van der Waals surface area contributed by atoms with Crippen molar-refractivity contribution in [2.24, 2.45) is 0 Å². The first kappa shape index (κ1) is 29.9. The van der Waals surface area contributed by atoms with Crippen LogP contribution in [0, 0.1) is 0 Å². The molecule has 0 N–H and O–H groups in total. The molecule has 4 aromatic carbocycles. The first-order valence-electron chi connectivity index (χ1n) is 14.3. The molecule has 4 aromatic rings. The summed E-state index contributed by atoms with van der Waals surface area (Å²) in [7, 11) is 0. The van der Waals surface area contributed by atoms with E-state index in [1.165, 1.54) is 0 Å². The van der Waals surface area contributed by atoms with E-state index in [1.54, 1.807) is 0 Å². The average Bonchev–Trinajstić information content (AvgIpc) is 3.91. The van der Waals surface area contributed by atoms with Crippen molar-refractivity contribution in [3.8, 4) is 33.4 Å². The minimum Gasteiger partial charge on any atom is -0.195 e. The molecule has 234 valence electrons. The van der Waals surface area contributed by atoms with Crippen molar-refractivity contribution in [2.45, 2.75) is 0 Å². The van der Waals surface area contributed by atoms with Gasteiger partial charge in [0, 0.05) is 33.4 Å². The van der Waals surface area contributed by atoms with E-state index in [0.29, 0.717) is 29.4 Å². The maximum absolute atomic E-state index is 14.8. The van der Waals surface area contributed by atoms with Crippen molar-refractivity contribution in [3.05, 3.63) is 150 Å². The van der Waals surface area contributed by atoms with Crippen LogP contribution in [0.2, 0.25) is 0 Å². The number of thioether (sulfide) groups is 6. The molecule has 0 bridgehead atoms. The van der Waals surface area contributed by atoms with Crippen molar-refractivity contribution in [1.82, 2.24) is 0 Å². The third-order valence-electron chi connectivity index (χ3n) is 8.82. The van der Waals surface area contributed by atoms with Crippen LogP contribution in [0.25, 0.3) is 50.1 Å². The molecule has 3 heterocycles. The fourth-order valence-corrected chi connectivity index (χ4v) is 13.1. The topological polar surface area (TPSA) is 0 Å². The second kappa shape index (κ2) is 10.7. The van der Waals surface area contributed by atoms with Gasteiger partial charge in [-0.2, -0.15) is 26.3 Å². The summed E-state index contributed by atoms with van der Waals surface area (Å²) in [5, 5.41) is -5.52. The molecule has 0 nitrogen and oxygen atoms in total. The van der Waals surface area contributed by atoms with E-state index < -0.39 is 31.0 Å². The lowest BCUT2D eigenvalue weighted by Gasteiger charge is -2.20. The Morgan fingerprint density at radius 1 is 0.271 bits per heavy atom. The Morgan fingerprint density at radius 2 is 0.479 bits per heavy atom. The maximum Gasteiger partial charge on any atom is 0.204 e. The summed E-state index contributed by atoms with van der Waals surface area (Å²) in [6.45, 7) is 0. The monoisotopic (exact) mass is 750 g/mol. The molecule has 6 aliphatic rings. The maximum atomic E-state index is 14.8. The van der Waals surface area contributed by atoms with Gasteiger partial charge in [-0.05, 0) is 121 Å². The van der Waals surface area contributed by atoms with Crippen LogP contribution in [0.15, 0.2) is 116 Å². The minimum absolute atomic E-state index is 0.424. The van der Waals surface area contributed by atoms with Gasteiger partial charge in [-0.3, -0.25) is 0 Å². The normalized spacial score (nSPS) is 18.9. The second-order valence-electron chi connectivity index (χ2n) is 11.1. The van der Waals surface area contributed by atoms with Gasteiger partial charge >= 0.3 is 0 Å². The van der Waals surface area contributed by atoms with Gasteiger partial charge in [-0.1, -0.05) is 72.8 Å². The smallest absolute Gasteiger partial charge is 0.195 e. The van der Waals surface area contributed by atoms with Crippen molar-refractivity contribution in [1.29, 1.82) is 0 Å². The molecule has 0 aromatic heterocycles. The summed E-state index contributed by atoms with van der Waals surface area (Å²) in [5.41, 5.74) is 11.2. The quantitative estimate of drug-likeness (QED) is 0.141. The largest absolute Gasteiger partial charge is 0.204 e. The van der Waals surface area contributed by atoms with Crippen molar-refractivity contribution in [3.63, 3.8) is 0 Å².